The molecule has 1 saturated heterocycles. The van der Waals surface area contributed by atoms with Crippen LogP contribution in [-0.4, -0.2) is 18.9 Å². The van der Waals surface area contributed by atoms with E-state index in [1.54, 1.807) is 0 Å². The first-order chi connectivity index (χ1) is 8.18. The van der Waals surface area contributed by atoms with Crippen LogP contribution in [0.3, 0.4) is 0 Å². The van der Waals surface area contributed by atoms with Crippen molar-refractivity contribution >= 4 is 11.5 Å². The molecule has 1 aliphatic rings. The minimum absolute atomic E-state index is 0.149. The molecule has 3 N–H and O–H groups in total. The molecule has 92 valence electrons. The van der Waals surface area contributed by atoms with Gasteiger partial charge in [0.25, 0.3) is 0 Å². The number of nitrogen functional groups attached to an aromatic ring is 1. The third-order valence-corrected chi connectivity index (χ3v) is 3.45. The largest absolute Gasteiger partial charge is 0.384 e. The van der Waals surface area contributed by atoms with E-state index in [0.29, 0.717) is 0 Å². The molecule has 1 aromatic carbocycles. The number of rotatable bonds is 2. The number of nitrogens with two attached hydrogens (primary N) is 1. The molecule has 1 fully saturated rings. The van der Waals surface area contributed by atoms with Crippen LogP contribution in [0.5, 0.6) is 0 Å². The molecule has 0 spiro atoms. The van der Waals surface area contributed by atoms with Gasteiger partial charge in [-0.25, -0.2) is 0 Å². The van der Waals surface area contributed by atoms with Crippen molar-refractivity contribution < 1.29 is 0 Å². The monoisotopic (exact) mass is 231 g/mol. The molecule has 1 aliphatic heterocycles. The molecule has 0 amide bonds. The maximum atomic E-state index is 7.45. The number of hydrogen-bond acceptors (Lipinski definition) is 2. The zero-order valence-electron chi connectivity index (χ0n) is 10.5. The number of aryl methyl sites for hydroxylation is 1. The second-order valence-electron chi connectivity index (χ2n) is 4.82. The summed E-state index contributed by atoms with van der Waals surface area (Å²) in [5, 5.41) is 7.45. The molecule has 0 aliphatic carbocycles. The first-order valence-corrected chi connectivity index (χ1v) is 6.38. The van der Waals surface area contributed by atoms with Gasteiger partial charge in [-0.15, -0.1) is 0 Å². The fourth-order valence-electron chi connectivity index (χ4n) is 2.49. The summed E-state index contributed by atoms with van der Waals surface area (Å²) in [4.78, 5) is 2.46. The maximum absolute atomic E-state index is 7.45. The quantitative estimate of drug-likeness (QED) is 0.607. The predicted octanol–water partition coefficient (Wildman–Crippen LogP) is 2.66. The van der Waals surface area contributed by atoms with Crippen molar-refractivity contribution in [3.05, 3.63) is 29.3 Å². The second-order valence-corrected chi connectivity index (χ2v) is 4.82. The van der Waals surface area contributed by atoms with Crippen molar-refractivity contribution in [2.75, 3.05) is 18.0 Å². The standard InChI is InChI=1S/C14H21N3/c1-11-10-12(14(15)16)6-7-13(11)17-8-4-2-3-5-9-17/h6-7,10H,2-5,8-9H2,1H3,(H3,15,16). The summed E-state index contributed by atoms with van der Waals surface area (Å²) < 4.78 is 0. The molecule has 0 saturated carbocycles. The summed E-state index contributed by atoms with van der Waals surface area (Å²) in [6.07, 6.45) is 5.27. The van der Waals surface area contributed by atoms with Crippen LogP contribution in [0.1, 0.15) is 36.8 Å². The zero-order valence-corrected chi connectivity index (χ0v) is 10.5. The van der Waals surface area contributed by atoms with E-state index in [4.69, 9.17) is 11.1 Å². The molecule has 1 heterocycles. The normalized spacial score (nSPS) is 16.6. The van der Waals surface area contributed by atoms with Gasteiger partial charge in [-0.1, -0.05) is 12.8 Å². The Morgan fingerprint density at radius 1 is 1.18 bits per heavy atom. The van der Waals surface area contributed by atoms with Crippen molar-refractivity contribution in [2.24, 2.45) is 5.73 Å². The number of benzene rings is 1. The van der Waals surface area contributed by atoms with E-state index in [0.717, 1.165) is 18.7 Å². The van der Waals surface area contributed by atoms with Gasteiger partial charge in [0, 0.05) is 24.3 Å². The van der Waals surface area contributed by atoms with E-state index < -0.39 is 0 Å². The fraction of sp³-hybridized carbons (Fsp3) is 0.500. The summed E-state index contributed by atoms with van der Waals surface area (Å²) in [7, 11) is 0. The van der Waals surface area contributed by atoms with Crippen LogP contribution in [0, 0.1) is 12.3 Å². The van der Waals surface area contributed by atoms with Crippen LogP contribution >= 0.6 is 0 Å². The number of anilines is 1. The highest BCUT2D eigenvalue weighted by atomic mass is 15.1. The van der Waals surface area contributed by atoms with Crippen LogP contribution in [0.4, 0.5) is 5.69 Å². The summed E-state index contributed by atoms with van der Waals surface area (Å²) in [5.74, 6) is 0.149. The number of nitrogens with zero attached hydrogens (tertiary/aromatic N) is 1. The third kappa shape index (κ3) is 2.78. The SMILES string of the molecule is Cc1cc(C(=N)N)ccc1N1CCCCCC1. The fourth-order valence-corrected chi connectivity index (χ4v) is 2.49. The molecule has 17 heavy (non-hydrogen) atoms. The Balaban J connectivity index is 2.22. The average molecular weight is 231 g/mol. The van der Waals surface area contributed by atoms with Crippen molar-refractivity contribution in [3.63, 3.8) is 0 Å². The molecule has 0 unspecified atom stereocenters. The lowest BCUT2D eigenvalue weighted by atomic mass is 10.1. The highest BCUT2D eigenvalue weighted by Crippen LogP contribution is 2.24. The molecule has 1 aromatic rings. The summed E-state index contributed by atoms with van der Waals surface area (Å²) in [6.45, 7) is 4.41. The number of nitrogens with one attached hydrogen (secondary N) is 1. The Labute approximate surface area is 103 Å². The highest BCUT2D eigenvalue weighted by molar-refractivity contribution is 5.95. The van der Waals surface area contributed by atoms with Gasteiger partial charge in [0.1, 0.15) is 5.84 Å². The molecule has 3 nitrogen and oxygen atoms in total. The van der Waals surface area contributed by atoms with Gasteiger partial charge >= 0.3 is 0 Å². The Morgan fingerprint density at radius 2 is 1.82 bits per heavy atom. The second kappa shape index (κ2) is 5.21. The maximum Gasteiger partial charge on any atom is 0.122 e. The van der Waals surface area contributed by atoms with Gasteiger partial charge < -0.3 is 10.6 Å². The smallest absolute Gasteiger partial charge is 0.122 e. The summed E-state index contributed by atoms with van der Waals surface area (Å²) in [5.41, 5.74) is 8.85. The molecule has 0 bridgehead atoms. The van der Waals surface area contributed by atoms with Crippen molar-refractivity contribution in [3.8, 4) is 0 Å². The molecule has 0 radical (unpaired) electrons. The van der Waals surface area contributed by atoms with Crippen molar-refractivity contribution in [1.82, 2.24) is 0 Å². The molecule has 0 aromatic heterocycles. The van der Waals surface area contributed by atoms with Gasteiger partial charge in [0.15, 0.2) is 0 Å². The Morgan fingerprint density at radius 3 is 2.35 bits per heavy atom. The van der Waals surface area contributed by atoms with E-state index >= 15 is 0 Å². The molecular formula is C14H21N3. The first-order valence-electron chi connectivity index (χ1n) is 6.38. The number of amidine groups is 1. The lowest BCUT2D eigenvalue weighted by molar-refractivity contribution is 0.726. The van der Waals surface area contributed by atoms with Crippen LogP contribution in [-0.2, 0) is 0 Å². The van der Waals surface area contributed by atoms with E-state index in [-0.39, 0.29) is 5.84 Å². The summed E-state index contributed by atoms with van der Waals surface area (Å²) in [6, 6.07) is 6.08. The van der Waals surface area contributed by atoms with Crippen LogP contribution in [0.2, 0.25) is 0 Å². The van der Waals surface area contributed by atoms with Gasteiger partial charge in [-0.3, -0.25) is 5.41 Å². The minimum Gasteiger partial charge on any atom is -0.384 e. The lowest BCUT2D eigenvalue weighted by Crippen LogP contribution is -2.25. The van der Waals surface area contributed by atoms with E-state index in [1.807, 2.05) is 12.1 Å². The molecule has 2 rings (SSSR count). The number of hydrogen-bond donors (Lipinski definition) is 2. The third-order valence-electron chi connectivity index (χ3n) is 3.45. The van der Waals surface area contributed by atoms with E-state index in [2.05, 4.69) is 17.9 Å². The molecular weight excluding hydrogens is 210 g/mol. The predicted molar refractivity (Wildman–Crippen MR) is 72.9 cm³/mol. The van der Waals surface area contributed by atoms with E-state index in [1.165, 1.54) is 36.9 Å². The van der Waals surface area contributed by atoms with Gasteiger partial charge in [-0.05, 0) is 43.5 Å². The molecule has 0 atom stereocenters. The van der Waals surface area contributed by atoms with Crippen LogP contribution < -0.4 is 10.6 Å². The topological polar surface area (TPSA) is 53.1 Å². The van der Waals surface area contributed by atoms with Gasteiger partial charge in [-0.2, -0.15) is 0 Å². The van der Waals surface area contributed by atoms with Crippen molar-refractivity contribution in [1.29, 1.82) is 5.41 Å². The summed E-state index contributed by atoms with van der Waals surface area (Å²) >= 11 is 0. The Kier molecular flexibility index (Phi) is 3.67. The highest BCUT2D eigenvalue weighted by Gasteiger charge is 2.12. The van der Waals surface area contributed by atoms with Gasteiger partial charge in [0.05, 0.1) is 0 Å². The minimum atomic E-state index is 0.149. The van der Waals surface area contributed by atoms with Crippen molar-refractivity contribution in [2.45, 2.75) is 32.6 Å². The van der Waals surface area contributed by atoms with Gasteiger partial charge in [0.2, 0.25) is 0 Å². The molecule has 3 heteroatoms. The van der Waals surface area contributed by atoms with E-state index in [9.17, 15) is 0 Å². The zero-order chi connectivity index (χ0) is 12.3. The Bertz CT molecular complexity index is 404. The van der Waals surface area contributed by atoms with Crippen LogP contribution in [0.15, 0.2) is 18.2 Å². The first kappa shape index (κ1) is 12.0. The van der Waals surface area contributed by atoms with Crippen LogP contribution in [0.25, 0.3) is 0 Å². The average Bonchev–Trinajstić information content (AvgIpc) is 2.57. The Hall–Kier alpha value is -1.51. The lowest BCUT2D eigenvalue weighted by Gasteiger charge is -2.25.